The van der Waals surface area contributed by atoms with E-state index >= 15 is 0 Å². The standard InChI is InChI=1S/C13H22O4.C12H20O3.C11H20O4.C10H16O3.C8H14O2/c1-6-16-11(14)8-7-10(2)9-12(15)17-13(3,4)5;1-9(6-11(3)13)4-5-12-14-7-10(2)8-15-12;1-8(5-9(2)12)3-4-11-14-6-10(13)7-15-11;1-4-13-10(12)6-5-8(2)7-9(3)11;1-7(4-3-5-9)6-8(2)10/h7-8,10H,6,9H2,1-5H3;4-5,9-10,12H,6-8H2,1-3H3;8,10-11,13H,3-7H2,1-2H3;5-6,8H,4,7H2,1-3H3;3-4,7,9H,5-6H2,1-2H3/b8-7+;5-4+;;6-5+;4-3+/t10-;9-,10?,12?;8-,10?,11?;8-;7-/m00000/s1. The van der Waals surface area contributed by atoms with Gasteiger partial charge >= 0.3 is 17.9 Å². The Morgan fingerprint density at radius 1 is 0.614 bits per heavy atom. The van der Waals surface area contributed by atoms with E-state index in [4.69, 9.17) is 38.6 Å². The number of aliphatic hydroxyl groups is 2. The molecule has 2 heterocycles. The maximum atomic E-state index is 11.5. The van der Waals surface area contributed by atoms with Crippen molar-refractivity contribution in [3.05, 3.63) is 48.6 Å². The molecule has 0 bridgehead atoms. The van der Waals surface area contributed by atoms with Gasteiger partial charge in [-0.2, -0.15) is 0 Å². The van der Waals surface area contributed by atoms with Gasteiger partial charge in [-0.25, -0.2) is 9.59 Å². The van der Waals surface area contributed by atoms with Crippen molar-refractivity contribution in [2.45, 2.75) is 173 Å². The lowest BCUT2D eigenvalue weighted by Gasteiger charge is -2.27. The zero-order valence-corrected chi connectivity index (χ0v) is 45.3. The minimum atomic E-state index is -0.490. The maximum absolute atomic E-state index is 11.5. The zero-order chi connectivity index (χ0) is 54.2. The van der Waals surface area contributed by atoms with Crippen molar-refractivity contribution in [3.8, 4) is 0 Å². The van der Waals surface area contributed by atoms with Crippen LogP contribution in [0.5, 0.6) is 0 Å². The van der Waals surface area contributed by atoms with Gasteiger partial charge in [-0.15, -0.1) is 0 Å². The summed E-state index contributed by atoms with van der Waals surface area (Å²) in [6.45, 7) is 30.1. The largest absolute Gasteiger partial charge is 0.463 e. The predicted octanol–water partition coefficient (Wildman–Crippen LogP) is 8.63. The van der Waals surface area contributed by atoms with Crippen LogP contribution >= 0.6 is 0 Å². The second kappa shape index (κ2) is 42.5. The number of aliphatic hydroxyl groups excluding tert-OH is 2. The van der Waals surface area contributed by atoms with Crippen molar-refractivity contribution in [1.29, 1.82) is 0 Å². The molecule has 0 aromatic rings. The maximum Gasteiger partial charge on any atom is 0.330 e. The van der Waals surface area contributed by atoms with E-state index in [1.165, 1.54) is 19.1 Å². The number of ketones is 4. The van der Waals surface area contributed by atoms with Crippen LogP contribution in [-0.4, -0.2) is 122 Å². The molecule has 2 saturated heterocycles. The summed E-state index contributed by atoms with van der Waals surface area (Å²) in [5, 5.41) is 17.5. The van der Waals surface area contributed by atoms with Crippen LogP contribution in [0.1, 0.15) is 149 Å². The molecule has 2 aliphatic rings. The van der Waals surface area contributed by atoms with Gasteiger partial charge in [0.2, 0.25) is 0 Å². The zero-order valence-electron chi connectivity index (χ0n) is 45.3. The average molecular weight is 997 g/mol. The van der Waals surface area contributed by atoms with Crippen molar-refractivity contribution < 1.29 is 76.9 Å². The van der Waals surface area contributed by atoms with Crippen LogP contribution in [0.4, 0.5) is 0 Å². The topological polar surface area (TPSA) is 225 Å². The second-order valence-electron chi connectivity index (χ2n) is 19.1. The van der Waals surface area contributed by atoms with Gasteiger partial charge in [0, 0.05) is 43.8 Å². The summed E-state index contributed by atoms with van der Waals surface area (Å²) >= 11 is 0. The molecule has 2 aliphatic heterocycles. The first-order chi connectivity index (χ1) is 32.6. The van der Waals surface area contributed by atoms with Crippen LogP contribution < -0.4 is 0 Å². The predicted molar refractivity (Wildman–Crippen MR) is 270 cm³/mol. The Kier molecular flexibility index (Phi) is 42.5. The Morgan fingerprint density at radius 2 is 1.03 bits per heavy atom. The molecule has 2 N–H and O–H groups in total. The molecule has 0 aliphatic carbocycles. The fourth-order valence-electron chi connectivity index (χ4n) is 6.16. The minimum Gasteiger partial charge on any atom is -0.463 e. The molecule has 404 valence electrons. The molecule has 0 radical (unpaired) electrons. The molecule has 70 heavy (non-hydrogen) atoms. The molecule has 0 aromatic carbocycles. The van der Waals surface area contributed by atoms with E-state index in [1.807, 2.05) is 66.7 Å². The van der Waals surface area contributed by atoms with Crippen molar-refractivity contribution >= 4 is 41.0 Å². The van der Waals surface area contributed by atoms with Crippen molar-refractivity contribution in [2.75, 3.05) is 46.2 Å². The first-order valence-corrected chi connectivity index (χ1v) is 24.6. The molecule has 2 rings (SSSR count). The lowest BCUT2D eigenvalue weighted by molar-refractivity contribution is -0.219. The third-order valence-corrected chi connectivity index (χ3v) is 9.17. The first kappa shape index (κ1) is 70.1. The van der Waals surface area contributed by atoms with E-state index in [9.17, 15) is 33.6 Å². The summed E-state index contributed by atoms with van der Waals surface area (Å²) in [5.41, 5.74) is -0.471. The molecule has 5 atom stereocenters. The number of hydrogen-bond acceptors (Lipinski definition) is 16. The normalized spacial score (nSPS) is 20.1. The van der Waals surface area contributed by atoms with E-state index in [1.54, 1.807) is 52.8 Å². The first-order valence-electron chi connectivity index (χ1n) is 24.6. The summed E-state index contributed by atoms with van der Waals surface area (Å²) in [7, 11) is 0. The Morgan fingerprint density at radius 3 is 1.43 bits per heavy atom. The van der Waals surface area contributed by atoms with Crippen LogP contribution in [0, 0.1) is 35.5 Å². The van der Waals surface area contributed by atoms with Gasteiger partial charge in [-0.1, -0.05) is 71.9 Å². The molecule has 0 aromatic heterocycles. The number of esters is 3. The van der Waals surface area contributed by atoms with Crippen LogP contribution in [0.15, 0.2) is 48.6 Å². The Hall–Kier alpha value is -4.19. The second-order valence-corrected chi connectivity index (χ2v) is 19.1. The highest BCUT2D eigenvalue weighted by molar-refractivity contribution is 5.82. The summed E-state index contributed by atoms with van der Waals surface area (Å²) in [4.78, 5) is 76.2. The Balaban J connectivity index is -0.000000809. The van der Waals surface area contributed by atoms with Crippen molar-refractivity contribution in [1.82, 2.24) is 0 Å². The highest BCUT2D eigenvalue weighted by Gasteiger charge is 2.21. The molecular formula is C54H92O16. The fourth-order valence-corrected chi connectivity index (χ4v) is 6.16. The lowest BCUT2D eigenvalue weighted by Crippen LogP contribution is -2.35. The average Bonchev–Trinajstić information content (AvgIpc) is 3.23. The van der Waals surface area contributed by atoms with Crippen molar-refractivity contribution in [3.63, 3.8) is 0 Å². The van der Waals surface area contributed by atoms with Gasteiger partial charge in [-0.05, 0) is 111 Å². The Labute approximate surface area is 420 Å². The van der Waals surface area contributed by atoms with E-state index in [0.29, 0.717) is 63.9 Å². The molecule has 16 heteroatoms. The molecule has 0 spiro atoms. The fraction of sp³-hybridized carbons (Fsp3) is 0.722. The third-order valence-electron chi connectivity index (χ3n) is 9.17. The van der Waals surface area contributed by atoms with Gasteiger partial charge in [0.1, 0.15) is 34.8 Å². The third kappa shape index (κ3) is 50.2. The molecule has 0 saturated carbocycles. The number of Topliss-reactive ketones (excluding diaryl/α,β-unsaturated/α-hetero) is 4. The molecule has 0 amide bonds. The van der Waals surface area contributed by atoms with Crippen LogP contribution in [0.3, 0.4) is 0 Å². The summed E-state index contributed by atoms with van der Waals surface area (Å²) in [5.74, 6) is 1.17. The highest BCUT2D eigenvalue weighted by atomic mass is 16.7. The summed E-state index contributed by atoms with van der Waals surface area (Å²) < 4.78 is 36.1. The van der Waals surface area contributed by atoms with E-state index < -0.39 is 11.7 Å². The SMILES string of the molecule is CC(=O)C[C@@H](C)/C=C/C1OCC(C)CO1.CC(=O)C[C@@H](C)/C=C/CO.CC(=O)C[C@@H](C)CCC1OCC(O)CO1.CCOC(=O)/C=C/[C@H](C)CC(=O)OC(C)(C)C.CCOC(=O)/C=C/[C@H](C)CC(C)=O. The summed E-state index contributed by atoms with van der Waals surface area (Å²) in [6, 6.07) is 0. The minimum absolute atomic E-state index is 0.0470. The van der Waals surface area contributed by atoms with Crippen LogP contribution in [0.2, 0.25) is 0 Å². The van der Waals surface area contributed by atoms with E-state index in [-0.39, 0.29) is 90.3 Å². The Bertz CT molecular complexity index is 1580. The van der Waals surface area contributed by atoms with Crippen LogP contribution in [-0.2, 0) is 66.7 Å². The highest BCUT2D eigenvalue weighted by Crippen LogP contribution is 2.18. The van der Waals surface area contributed by atoms with Gasteiger partial charge in [-0.3, -0.25) is 4.79 Å². The molecule has 0 unspecified atom stereocenters. The summed E-state index contributed by atoms with van der Waals surface area (Å²) in [6.07, 6.45) is 16.7. The van der Waals surface area contributed by atoms with Crippen molar-refractivity contribution in [2.24, 2.45) is 35.5 Å². The van der Waals surface area contributed by atoms with Gasteiger partial charge in [0.05, 0.1) is 52.7 Å². The number of carbonyl (C=O) groups is 7. The van der Waals surface area contributed by atoms with E-state index in [0.717, 1.165) is 26.1 Å². The molecular weight excluding hydrogens is 905 g/mol. The molecule has 2 fully saturated rings. The van der Waals surface area contributed by atoms with Gasteiger partial charge < -0.3 is 62.5 Å². The number of hydrogen-bond donors (Lipinski definition) is 2. The number of allylic oxidation sites excluding steroid dienone is 4. The molecule has 16 nitrogen and oxygen atoms in total. The smallest absolute Gasteiger partial charge is 0.330 e. The number of ether oxygens (including phenoxy) is 7. The van der Waals surface area contributed by atoms with Crippen LogP contribution in [0.25, 0.3) is 0 Å². The number of carbonyl (C=O) groups excluding carboxylic acids is 7. The van der Waals surface area contributed by atoms with Gasteiger partial charge in [0.25, 0.3) is 0 Å². The van der Waals surface area contributed by atoms with Gasteiger partial charge in [0.15, 0.2) is 12.6 Å². The number of rotatable bonds is 23. The quantitative estimate of drug-likeness (QED) is 0.0423. The van der Waals surface area contributed by atoms with E-state index in [2.05, 4.69) is 18.6 Å². The monoisotopic (exact) mass is 997 g/mol. The lowest BCUT2D eigenvalue weighted by atomic mass is 9.99.